The van der Waals surface area contributed by atoms with Crippen LogP contribution in [-0.2, 0) is 25.2 Å². The number of nitrogens with zero attached hydrogens (tertiary/aromatic N) is 1. The molecule has 1 aromatic carbocycles. The molecule has 5 atom stereocenters. The number of carbonyl (C=O) groups excluding carboxylic acids is 1. The molecule has 0 aromatic heterocycles. The summed E-state index contributed by atoms with van der Waals surface area (Å²) in [5, 5.41) is 11.3. The van der Waals surface area contributed by atoms with Gasteiger partial charge in [-0.15, -0.1) is 0 Å². The monoisotopic (exact) mass is 521 g/mol. The van der Waals surface area contributed by atoms with Crippen molar-refractivity contribution < 1.29 is 28.5 Å². The van der Waals surface area contributed by atoms with Crippen LogP contribution in [0.1, 0.15) is 73.3 Å². The second-order valence-corrected chi connectivity index (χ2v) is 17.0. The molecule has 204 valence electrons. The summed E-state index contributed by atoms with van der Waals surface area (Å²) in [6.45, 7) is 16.3. The van der Waals surface area contributed by atoms with E-state index >= 15 is 0 Å². The Morgan fingerprint density at radius 2 is 1.72 bits per heavy atom. The molecule has 1 aromatic rings. The Bertz CT molecular complexity index is 828. The smallest absolute Gasteiger partial charge is 0.410 e. The molecule has 2 aliphatic heterocycles. The first-order chi connectivity index (χ1) is 16.9. The van der Waals surface area contributed by atoms with Gasteiger partial charge in [0, 0.05) is 26.5 Å². The zero-order chi connectivity index (χ0) is 26.7. The van der Waals surface area contributed by atoms with Crippen LogP contribution in [0.3, 0.4) is 0 Å². The maximum Gasteiger partial charge on any atom is 0.410 e. The lowest BCUT2D eigenvalue weighted by molar-refractivity contribution is -0.277. The molecule has 7 nitrogen and oxygen atoms in total. The number of hydrogen-bond donors (Lipinski definition) is 1. The van der Waals surface area contributed by atoms with Crippen molar-refractivity contribution in [2.24, 2.45) is 0 Å². The first-order valence-electron chi connectivity index (χ1n) is 13.5. The zero-order valence-electron chi connectivity index (χ0n) is 23.4. The zero-order valence-corrected chi connectivity index (χ0v) is 24.4. The fourth-order valence-electron chi connectivity index (χ4n) is 6.47. The highest BCUT2D eigenvalue weighted by Crippen LogP contribution is 2.45. The van der Waals surface area contributed by atoms with E-state index in [9.17, 15) is 9.90 Å². The standard InChI is InChI=1S/C28H47NO6Si/c1-19(2)36(20(3)4,21(5)6)35-24-14-23(34-28(7,16-24)32-8)15-26(30)25-18-33-27(31)29(25)17-22-12-10-9-11-13-22/h9-13,19-21,23-26,30H,14-18H2,1-8H3/t23-,24-,25+,26-,28-/m0/s1. The molecule has 8 heteroatoms. The number of methoxy groups -OCH3 is 1. The Hall–Kier alpha value is -1.45. The van der Waals surface area contributed by atoms with Gasteiger partial charge in [0.05, 0.1) is 24.4 Å². The fraction of sp³-hybridized carbons (Fsp3) is 0.750. The SMILES string of the molecule is CO[C@]1(C)C[C@@H](O[Si](C(C)C)(C(C)C)C(C)C)C[C@@H](C[C@H](O)[C@H]2COC(=O)N2Cc2ccccc2)O1. The number of cyclic esters (lactones) is 1. The average molecular weight is 522 g/mol. The average Bonchev–Trinajstić information content (AvgIpc) is 3.17. The van der Waals surface area contributed by atoms with Crippen LogP contribution in [0.15, 0.2) is 30.3 Å². The molecule has 0 radical (unpaired) electrons. The summed E-state index contributed by atoms with van der Waals surface area (Å²) < 4.78 is 24.6. The molecule has 0 spiro atoms. The summed E-state index contributed by atoms with van der Waals surface area (Å²) in [6.07, 6.45) is 0.284. The van der Waals surface area contributed by atoms with Crippen LogP contribution < -0.4 is 0 Å². The molecular weight excluding hydrogens is 474 g/mol. The van der Waals surface area contributed by atoms with Gasteiger partial charge < -0.3 is 23.7 Å². The number of amides is 1. The van der Waals surface area contributed by atoms with E-state index in [1.807, 2.05) is 37.3 Å². The van der Waals surface area contributed by atoms with Crippen molar-refractivity contribution in [1.82, 2.24) is 4.90 Å². The van der Waals surface area contributed by atoms with Gasteiger partial charge in [0.25, 0.3) is 0 Å². The third kappa shape index (κ3) is 6.33. The summed E-state index contributed by atoms with van der Waals surface area (Å²) in [6, 6.07) is 9.35. The second-order valence-electron chi connectivity index (χ2n) is 11.6. The van der Waals surface area contributed by atoms with Crippen LogP contribution in [-0.4, -0.2) is 68.3 Å². The van der Waals surface area contributed by atoms with E-state index in [0.717, 1.165) is 5.56 Å². The molecule has 0 bridgehead atoms. The number of benzene rings is 1. The summed E-state index contributed by atoms with van der Waals surface area (Å²) >= 11 is 0. The third-order valence-corrected chi connectivity index (χ3v) is 14.4. The van der Waals surface area contributed by atoms with Gasteiger partial charge in [-0.3, -0.25) is 4.90 Å². The van der Waals surface area contributed by atoms with Gasteiger partial charge in [0.15, 0.2) is 5.79 Å². The van der Waals surface area contributed by atoms with Crippen LogP contribution in [0.25, 0.3) is 0 Å². The van der Waals surface area contributed by atoms with Gasteiger partial charge in [0.2, 0.25) is 8.32 Å². The first kappa shape index (κ1) is 29.1. The molecule has 2 saturated heterocycles. The molecule has 0 unspecified atom stereocenters. The lowest BCUT2D eigenvalue weighted by Crippen LogP contribution is -2.55. The molecule has 1 amide bonds. The number of aliphatic hydroxyl groups excluding tert-OH is 1. The molecule has 2 heterocycles. The minimum absolute atomic E-state index is 0.0124. The molecular formula is C28H47NO6Si. The first-order valence-corrected chi connectivity index (χ1v) is 15.6. The maximum absolute atomic E-state index is 12.5. The van der Waals surface area contributed by atoms with Gasteiger partial charge in [0.1, 0.15) is 6.61 Å². The molecule has 36 heavy (non-hydrogen) atoms. The van der Waals surface area contributed by atoms with Crippen LogP contribution in [0.2, 0.25) is 16.6 Å². The van der Waals surface area contributed by atoms with E-state index in [-0.39, 0.29) is 18.8 Å². The van der Waals surface area contributed by atoms with Crippen molar-refractivity contribution >= 4 is 14.4 Å². The van der Waals surface area contributed by atoms with Gasteiger partial charge in [-0.2, -0.15) is 0 Å². The Kier molecular flexibility index (Phi) is 9.66. The van der Waals surface area contributed by atoms with Gasteiger partial charge >= 0.3 is 6.09 Å². The highest BCUT2D eigenvalue weighted by molar-refractivity contribution is 6.77. The molecule has 2 aliphatic rings. The van der Waals surface area contributed by atoms with E-state index in [1.54, 1.807) is 12.0 Å². The molecule has 1 N–H and O–H groups in total. The van der Waals surface area contributed by atoms with E-state index in [1.165, 1.54) is 0 Å². The number of hydrogen-bond acceptors (Lipinski definition) is 6. The number of aliphatic hydroxyl groups is 1. The Morgan fingerprint density at radius 3 is 2.28 bits per heavy atom. The largest absolute Gasteiger partial charge is 0.447 e. The summed E-state index contributed by atoms with van der Waals surface area (Å²) in [4.78, 5) is 14.1. The van der Waals surface area contributed by atoms with Crippen molar-refractivity contribution in [3.8, 4) is 0 Å². The minimum Gasteiger partial charge on any atom is -0.447 e. The highest BCUT2D eigenvalue weighted by atomic mass is 28.4. The minimum atomic E-state index is -2.10. The topological polar surface area (TPSA) is 77.5 Å². The van der Waals surface area contributed by atoms with E-state index in [0.29, 0.717) is 42.4 Å². The van der Waals surface area contributed by atoms with Crippen molar-refractivity contribution in [3.63, 3.8) is 0 Å². The maximum atomic E-state index is 12.5. The van der Waals surface area contributed by atoms with Crippen molar-refractivity contribution in [1.29, 1.82) is 0 Å². The number of rotatable bonds is 11. The lowest BCUT2D eigenvalue weighted by atomic mass is 9.94. The Labute approximate surface area is 218 Å². The molecule has 3 rings (SSSR count). The molecule has 0 saturated carbocycles. The Balaban J connectivity index is 1.75. The lowest BCUT2D eigenvalue weighted by Gasteiger charge is -2.49. The normalized spacial score (nSPS) is 28.3. The molecule has 0 aliphatic carbocycles. The molecule has 2 fully saturated rings. The Morgan fingerprint density at radius 1 is 1.11 bits per heavy atom. The summed E-state index contributed by atoms with van der Waals surface area (Å²) in [5.41, 5.74) is 2.43. The van der Waals surface area contributed by atoms with E-state index in [2.05, 4.69) is 41.5 Å². The summed E-state index contributed by atoms with van der Waals surface area (Å²) in [5.74, 6) is -0.788. The van der Waals surface area contributed by atoms with Crippen LogP contribution in [0.5, 0.6) is 0 Å². The van der Waals surface area contributed by atoms with E-state index < -0.39 is 32.3 Å². The van der Waals surface area contributed by atoms with Crippen LogP contribution in [0, 0.1) is 0 Å². The van der Waals surface area contributed by atoms with Crippen molar-refractivity contribution in [2.45, 2.75) is 121 Å². The summed E-state index contributed by atoms with van der Waals surface area (Å²) in [7, 11) is -0.430. The van der Waals surface area contributed by atoms with Crippen LogP contribution >= 0.6 is 0 Å². The fourth-order valence-corrected chi connectivity index (χ4v) is 12.0. The van der Waals surface area contributed by atoms with Crippen molar-refractivity contribution in [3.05, 3.63) is 35.9 Å². The number of carbonyl (C=O) groups is 1. The number of ether oxygens (including phenoxy) is 3. The predicted octanol–water partition coefficient (Wildman–Crippen LogP) is 5.86. The second kappa shape index (κ2) is 11.9. The predicted molar refractivity (Wildman–Crippen MR) is 143 cm³/mol. The van der Waals surface area contributed by atoms with Gasteiger partial charge in [-0.05, 0) is 35.5 Å². The third-order valence-electron chi connectivity index (χ3n) is 8.21. The van der Waals surface area contributed by atoms with Gasteiger partial charge in [-0.25, -0.2) is 4.79 Å². The highest BCUT2D eigenvalue weighted by Gasteiger charge is 2.50. The van der Waals surface area contributed by atoms with Crippen molar-refractivity contribution in [2.75, 3.05) is 13.7 Å². The van der Waals surface area contributed by atoms with E-state index in [4.69, 9.17) is 18.6 Å². The quantitative estimate of drug-likeness (QED) is 0.368. The van der Waals surface area contributed by atoms with Crippen LogP contribution in [0.4, 0.5) is 4.79 Å². The van der Waals surface area contributed by atoms with Gasteiger partial charge in [-0.1, -0.05) is 71.9 Å².